The van der Waals surface area contributed by atoms with Crippen molar-refractivity contribution >= 4 is 44.3 Å². The molecule has 1 aromatic heterocycles. The van der Waals surface area contributed by atoms with Crippen LogP contribution in [0.25, 0.3) is 11.1 Å². The SMILES string of the molecule is O=C(CSc1nc2ccccc2o1)N(c1ccccc1)[C@H]1C=CS(=O)(=O)C1. The molecule has 2 heterocycles. The Morgan fingerprint density at radius 2 is 1.89 bits per heavy atom. The van der Waals surface area contributed by atoms with Gasteiger partial charge in [0.1, 0.15) is 5.52 Å². The Balaban J connectivity index is 1.54. The minimum atomic E-state index is -3.28. The quantitative estimate of drug-likeness (QED) is 0.612. The van der Waals surface area contributed by atoms with E-state index in [1.807, 2.05) is 42.5 Å². The smallest absolute Gasteiger partial charge is 0.257 e. The number of hydrogen-bond donors (Lipinski definition) is 0. The number of rotatable bonds is 5. The molecule has 1 aliphatic heterocycles. The second-order valence-corrected chi connectivity index (χ2v) is 8.92. The van der Waals surface area contributed by atoms with Crippen molar-refractivity contribution in [3.63, 3.8) is 0 Å². The number of amides is 1. The maximum absolute atomic E-state index is 12.9. The summed E-state index contributed by atoms with van der Waals surface area (Å²) < 4.78 is 29.3. The zero-order chi connectivity index (χ0) is 18.9. The van der Waals surface area contributed by atoms with Crippen LogP contribution >= 0.6 is 11.8 Å². The van der Waals surface area contributed by atoms with Crippen LogP contribution in [0.3, 0.4) is 0 Å². The van der Waals surface area contributed by atoms with Gasteiger partial charge in [0.05, 0.1) is 17.5 Å². The molecule has 0 saturated carbocycles. The van der Waals surface area contributed by atoms with Crippen molar-refractivity contribution in [1.29, 1.82) is 0 Å². The fourth-order valence-corrected chi connectivity index (χ4v) is 4.90. The molecule has 3 aromatic rings. The summed E-state index contributed by atoms with van der Waals surface area (Å²) in [6, 6.07) is 15.9. The van der Waals surface area contributed by atoms with Crippen molar-refractivity contribution in [2.45, 2.75) is 11.3 Å². The van der Waals surface area contributed by atoms with E-state index >= 15 is 0 Å². The van der Waals surface area contributed by atoms with Crippen LogP contribution in [0.2, 0.25) is 0 Å². The summed E-state index contributed by atoms with van der Waals surface area (Å²) in [6.07, 6.45) is 1.56. The maximum Gasteiger partial charge on any atom is 0.257 e. The van der Waals surface area contributed by atoms with E-state index in [0.29, 0.717) is 16.5 Å². The van der Waals surface area contributed by atoms with Gasteiger partial charge in [-0.05, 0) is 30.3 Å². The Hall–Kier alpha value is -2.58. The number of nitrogens with zero attached hydrogens (tertiary/aromatic N) is 2. The number of aromatic nitrogens is 1. The van der Waals surface area contributed by atoms with Crippen LogP contribution < -0.4 is 4.90 Å². The monoisotopic (exact) mass is 400 g/mol. The van der Waals surface area contributed by atoms with E-state index < -0.39 is 15.9 Å². The van der Waals surface area contributed by atoms with Gasteiger partial charge in [-0.15, -0.1) is 0 Å². The van der Waals surface area contributed by atoms with Gasteiger partial charge in [0.15, 0.2) is 15.4 Å². The van der Waals surface area contributed by atoms with E-state index in [9.17, 15) is 13.2 Å². The molecule has 0 radical (unpaired) electrons. The molecule has 0 saturated heterocycles. The van der Waals surface area contributed by atoms with Gasteiger partial charge in [-0.1, -0.05) is 42.1 Å². The number of para-hydroxylation sites is 3. The summed E-state index contributed by atoms with van der Waals surface area (Å²) in [7, 11) is -3.28. The predicted octanol–water partition coefficient (Wildman–Crippen LogP) is 3.26. The summed E-state index contributed by atoms with van der Waals surface area (Å²) in [6.45, 7) is 0. The second-order valence-electron chi connectivity index (χ2n) is 6.06. The van der Waals surface area contributed by atoms with Crippen molar-refractivity contribution in [2.24, 2.45) is 0 Å². The lowest BCUT2D eigenvalue weighted by atomic mass is 10.2. The fourth-order valence-electron chi connectivity index (χ4n) is 2.93. The molecule has 1 aliphatic rings. The molecule has 0 fully saturated rings. The van der Waals surface area contributed by atoms with E-state index in [-0.39, 0.29) is 17.4 Å². The van der Waals surface area contributed by atoms with Gasteiger partial charge in [-0.25, -0.2) is 13.4 Å². The minimum absolute atomic E-state index is 0.0894. The Morgan fingerprint density at radius 1 is 1.15 bits per heavy atom. The molecular weight excluding hydrogens is 384 g/mol. The average Bonchev–Trinajstić information content (AvgIpc) is 3.23. The number of hydrogen-bond acceptors (Lipinski definition) is 6. The van der Waals surface area contributed by atoms with E-state index in [1.165, 1.54) is 22.1 Å². The fraction of sp³-hybridized carbons (Fsp3) is 0.158. The Kier molecular flexibility index (Phi) is 4.75. The number of anilines is 1. The van der Waals surface area contributed by atoms with Crippen LogP contribution in [0.15, 0.2) is 75.7 Å². The first-order valence-corrected chi connectivity index (χ1v) is 11.0. The normalized spacial score (nSPS) is 18.0. The lowest BCUT2D eigenvalue weighted by Gasteiger charge is -2.27. The van der Waals surface area contributed by atoms with Gasteiger partial charge in [0.2, 0.25) is 5.91 Å². The van der Waals surface area contributed by atoms with Gasteiger partial charge in [-0.3, -0.25) is 4.79 Å². The molecule has 0 unspecified atom stereocenters. The molecule has 0 aliphatic carbocycles. The van der Waals surface area contributed by atoms with Crippen molar-refractivity contribution in [2.75, 3.05) is 16.4 Å². The highest BCUT2D eigenvalue weighted by Gasteiger charge is 2.31. The molecular formula is C19H16N2O4S2. The molecule has 8 heteroatoms. The molecule has 138 valence electrons. The zero-order valence-corrected chi connectivity index (χ0v) is 15.8. The topological polar surface area (TPSA) is 80.5 Å². The predicted molar refractivity (Wildman–Crippen MR) is 105 cm³/mol. The lowest BCUT2D eigenvalue weighted by molar-refractivity contribution is -0.116. The number of carbonyl (C=O) groups excluding carboxylic acids is 1. The third-order valence-electron chi connectivity index (χ3n) is 4.14. The molecule has 6 nitrogen and oxygen atoms in total. The summed E-state index contributed by atoms with van der Waals surface area (Å²) in [5.41, 5.74) is 2.06. The first-order chi connectivity index (χ1) is 13.0. The maximum atomic E-state index is 12.9. The first-order valence-electron chi connectivity index (χ1n) is 8.28. The summed E-state index contributed by atoms with van der Waals surface area (Å²) in [4.78, 5) is 18.8. The van der Waals surface area contributed by atoms with Crippen molar-refractivity contribution in [3.8, 4) is 0 Å². The molecule has 0 N–H and O–H groups in total. The van der Waals surface area contributed by atoms with Crippen molar-refractivity contribution in [3.05, 3.63) is 66.1 Å². The van der Waals surface area contributed by atoms with Gasteiger partial charge in [0, 0.05) is 11.1 Å². The van der Waals surface area contributed by atoms with Gasteiger partial charge in [-0.2, -0.15) is 0 Å². The van der Waals surface area contributed by atoms with Crippen LogP contribution in [0.5, 0.6) is 0 Å². The Labute approximate surface area is 160 Å². The number of thioether (sulfide) groups is 1. The number of fused-ring (bicyclic) bond motifs is 1. The highest BCUT2D eigenvalue weighted by atomic mass is 32.2. The minimum Gasteiger partial charge on any atom is -0.431 e. The molecule has 1 atom stereocenters. The number of sulfone groups is 1. The number of oxazole rings is 1. The number of benzene rings is 2. The van der Waals surface area contributed by atoms with Gasteiger partial charge in [0.25, 0.3) is 5.22 Å². The van der Waals surface area contributed by atoms with Crippen molar-refractivity contribution in [1.82, 2.24) is 4.98 Å². The Morgan fingerprint density at radius 3 is 2.59 bits per heavy atom. The van der Waals surface area contributed by atoms with Crippen LogP contribution in [0, 0.1) is 0 Å². The van der Waals surface area contributed by atoms with E-state index in [4.69, 9.17) is 4.42 Å². The molecule has 4 rings (SSSR count). The van der Waals surface area contributed by atoms with Gasteiger partial charge >= 0.3 is 0 Å². The van der Waals surface area contributed by atoms with E-state index in [2.05, 4.69) is 4.98 Å². The summed E-state index contributed by atoms with van der Waals surface area (Å²) >= 11 is 1.19. The summed E-state index contributed by atoms with van der Waals surface area (Å²) in [5.74, 6) is -0.229. The Bertz CT molecular complexity index is 1070. The van der Waals surface area contributed by atoms with Crippen LogP contribution in [-0.2, 0) is 14.6 Å². The lowest BCUT2D eigenvalue weighted by Crippen LogP contribution is -2.42. The average molecular weight is 400 g/mol. The van der Waals surface area contributed by atoms with E-state index in [1.54, 1.807) is 18.2 Å². The van der Waals surface area contributed by atoms with E-state index in [0.717, 1.165) is 5.52 Å². The molecule has 0 spiro atoms. The zero-order valence-electron chi connectivity index (χ0n) is 14.2. The van der Waals surface area contributed by atoms with Gasteiger partial charge < -0.3 is 9.32 Å². The molecule has 27 heavy (non-hydrogen) atoms. The molecule has 2 aromatic carbocycles. The largest absolute Gasteiger partial charge is 0.431 e. The third-order valence-corrected chi connectivity index (χ3v) is 6.33. The summed E-state index contributed by atoms with van der Waals surface area (Å²) in [5, 5.41) is 1.58. The first kappa shape index (κ1) is 17.8. The second kappa shape index (κ2) is 7.21. The van der Waals surface area contributed by atoms with Crippen LogP contribution in [0.4, 0.5) is 5.69 Å². The third kappa shape index (κ3) is 3.91. The highest BCUT2D eigenvalue weighted by Crippen LogP contribution is 2.27. The highest BCUT2D eigenvalue weighted by molar-refractivity contribution is 7.99. The van der Waals surface area contributed by atoms with Crippen molar-refractivity contribution < 1.29 is 17.6 Å². The van der Waals surface area contributed by atoms with Crippen LogP contribution in [-0.4, -0.2) is 36.9 Å². The van der Waals surface area contributed by atoms with Crippen LogP contribution in [0.1, 0.15) is 0 Å². The standard InChI is InChI=1S/C19H16N2O4S2/c22-18(12-26-19-20-16-8-4-5-9-17(16)25-19)21(14-6-2-1-3-7-14)15-10-11-27(23,24)13-15/h1-11,15H,12-13H2/t15-/m0/s1. The number of carbonyl (C=O) groups is 1. The molecule has 0 bridgehead atoms. The molecule has 1 amide bonds.